The number of aliphatic hydroxyl groups excluding tert-OH is 1. The zero-order valence-corrected chi connectivity index (χ0v) is 13.7. The summed E-state index contributed by atoms with van der Waals surface area (Å²) in [6.45, 7) is 4.14. The molecular formula is C17H18BrNO2. The molecule has 0 saturated heterocycles. The van der Waals surface area contributed by atoms with Crippen LogP contribution in [0.2, 0.25) is 0 Å². The summed E-state index contributed by atoms with van der Waals surface area (Å²) in [7, 11) is 0. The van der Waals surface area contributed by atoms with Crippen LogP contribution >= 0.6 is 15.9 Å². The molecule has 0 saturated carbocycles. The molecule has 1 N–H and O–H groups in total. The largest absolute Gasteiger partial charge is 0.487 e. The van der Waals surface area contributed by atoms with E-state index in [0.717, 1.165) is 27.9 Å². The highest BCUT2D eigenvalue weighted by molar-refractivity contribution is 9.10. The van der Waals surface area contributed by atoms with Crippen molar-refractivity contribution in [3.8, 4) is 5.75 Å². The van der Waals surface area contributed by atoms with E-state index in [9.17, 15) is 5.11 Å². The van der Waals surface area contributed by atoms with Gasteiger partial charge in [-0.1, -0.05) is 18.2 Å². The molecule has 1 unspecified atom stereocenters. The highest BCUT2D eigenvalue weighted by Crippen LogP contribution is 2.40. The topological polar surface area (TPSA) is 42.4 Å². The predicted octanol–water partition coefficient (Wildman–Crippen LogP) is 3.83. The number of ether oxygens (including phenoxy) is 1. The van der Waals surface area contributed by atoms with Gasteiger partial charge >= 0.3 is 0 Å². The van der Waals surface area contributed by atoms with Gasteiger partial charge in [-0.2, -0.15) is 0 Å². The number of aromatic nitrogens is 1. The van der Waals surface area contributed by atoms with E-state index in [1.807, 2.05) is 24.3 Å². The third-order valence-electron chi connectivity index (χ3n) is 3.67. The fourth-order valence-corrected chi connectivity index (χ4v) is 2.97. The van der Waals surface area contributed by atoms with E-state index < -0.39 is 6.10 Å². The molecule has 110 valence electrons. The molecule has 3 nitrogen and oxygen atoms in total. The molecular weight excluding hydrogens is 330 g/mol. The number of pyridine rings is 1. The summed E-state index contributed by atoms with van der Waals surface area (Å²) in [6, 6.07) is 9.84. The Labute approximate surface area is 133 Å². The van der Waals surface area contributed by atoms with Crippen molar-refractivity contribution in [1.82, 2.24) is 4.98 Å². The van der Waals surface area contributed by atoms with Crippen LogP contribution in [-0.4, -0.2) is 15.7 Å². The lowest BCUT2D eigenvalue weighted by molar-refractivity contribution is 0.126. The van der Waals surface area contributed by atoms with Crippen LogP contribution in [0.3, 0.4) is 0 Å². The van der Waals surface area contributed by atoms with Gasteiger partial charge in [0.15, 0.2) is 0 Å². The van der Waals surface area contributed by atoms with Crippen molar-refractivity contribution >= 4 is 15.9 Å². The monoisotopic (exact) mass is 347 g/mol. The second kappa shape index (κ2) is 5.43. The van der Waals surface area contributed by atoms with Crippen LogP contribution < -0.4 is 4.74 Å². The first-order valence-corrected chi connectivity index (χ1v) is 7.83. The van der Waals surface area contributed by atoms with Crippen LogP contribution in [0.5, 0.6) is 5.75 Å². The van der Waals surface area contributed by atoms with Gasteiger partial charge in [-0.05, 0) is 47.5 Å². The molecule has 0 aliphatic carbocycles. The lowest BCUT2D eigenvalue weighted by Gasteiger charge is -2.19. The first-order valence-electron chi connectivity index (χ1n) is 7.04. The summed E-state index contributed by atoms with van der Waals surface area (Å²) in [6.07, 6.45) is 2.49. The minimum absolute atomic E-state index is 0.200. The highest BCUT2D eigenvalue weighted by Gasteiger charge is 2.32. The third-order valence-corrected chi connectivity index (χ3v) is 4.14. The van der Waals surface area contributed by atoms with E-state index in [-0.39, 0.29) is 5.60 Å². The van der Waals surface area contributed by atoms with Crippen LogP contribution in [-0.2, 0) is 12.8 Å². The molecule has 0 fully saturated rings. The van der Waals surface area contributed by atoms with Gasteiger partial charge in [-0.25, -0.2) is 0 Å². The molecule has 1 aromatic carbocycles. The van der Waals surface area contributed by atoms with E-state index >= 15 is 0 Å². The molecule has 4 heteroatoms. The van der Waals surface area contributed by atoms with E-state index in [0.29, 0.717) is 6.42 Å². The van der Waals surface area contributed by atoms with E-state index in [2.05, 4.69) is 40.8 Å². The smallest absolute Gasteiger partial charge is 0.129 e. The first kappa shape index (κ1) is 14.5. The molecule has 1 aromatic heterocycles. The van der Waals surface area contributed by atoms with Gasteiger partial charge in [0.05, 0.1) is 6.10 Å². The zero-order chi connectivity index (χ0) is 15.0. The number of aliphatic hydroxyl groups is 1. The number of fused-ring (bicyclic) bond motifs is 1. The third kappa shape index (κ3) is 3.11. The van der Waals surface area contributed by atoms with Gasteiger partial charge in [0.25, 0.3) is 0 Å². The Kier molecular flexibility index (Phi) is 3.76. The quantitative estimate of drug-likeness (QED) is 0.917. The lowest BCUT2D eigenvalue weighted by Crippen LogP contribution is -2.25. The van der Waals surface area contributed by atoms with Crippen LogP contribution in [0.1, 0.15) is 36.8 Å². The molecule has 2 heterocycles. The Morgan fingerprint density at radius 3 is 2.86 bits per heavy atom. The number of halogens is 1. The Morgan fingerprint density at radius 1 is 1.33 bits per heavy atom. The van der Waals surface area contributed by atoms with Gasteiger partial charge in [0, 0.05) is 34.8 Å². The van der Waals surface area contributed by atoms with E-state index in [1.54, 1.807) is 6.20 Å². The fraction of sp³-hybridized carbons (Fsp3) is 0.353. The maximum Gasteiger partial charge on any atom is 0.129 e. The van der Waals surface area contributed by atoms with E-state index in [4.69, 9.17) is 4.74 Å². The zero-order valence-electron chi connectivity index (χ0n) is 12.1. The van der Waals surface area contributed by atoms with Crippen molar-refractivity contribution in [3.05, 3.63) is 57.8 Å². The number of hydrogen-bond acceptors (Lipinski definition) is 3. The summed E-state index contributed by atoms with van der Waals surface area (Å²) in [5, 5.41) is 10.5. The second-order valence-electron chi connectivity index (χ2n) is 6.06. The molecule has 1 aliphatic heterocycles. The second-order valence-corrected chi connectivity index (χ2v) is 6.98. The highest BCUT2D eigenvalue weighted by atomic mass is 79.9. The minimum atomic E-state index is -0.609. The van der Waals surface area contributed by atoms with Crippen molar-refractivity contribution in [2.75, 3.05) is 0 Å². The summed E-state index contributed by atoms with van der Waals surface area (Å²) < 4.78 is 6.95. The summed E-state index contributed by atoms with van der Waals surface area (Å²) >= 11 is 3.36. The standard InChI is InChI=1S/C17H18BrNO2/c1-17(2)9-11-4-3-5-14(16(11)21-17)15(20)8-13-7-6-12(18)10-19-13/h3-7,10,15,20H,8-9H2,1-2H3. The van der Waals surface area contributed by atoms with Gasteiger partial charge < -0.3 is 9.84 Å². The number of rotatable bonds is 3. The lowest BCUT2D eigenvalue weighted by atomic mass is 9.97. The molecule has 21 heavy (non-hydrogen) atoms. The molecule has 0 spiro atoms. The minimum Gasteiger partial charge on any atom is -0.487 e. The molecule has 2 aromatic rings. The number of benzene rings is 1. The fourth-order valence-electron chi connectivity index (χ4n) is 2.74. The average Bonchev–Trinajstić information content (AvgIpc) is 2.74. The van der Waals surface area contributed by atoms with Gasteiger partial charge in [-0.3, -0.25) is 4.98 Å². The van der Waals surface area contributed by atoms with Crippen molar-refractivity contribution in [2.45, 2.75) is 38.4 Å². The van der Waals surface area contributed by atoms with Crippen LogP contribution in [0.15, 0.2) is 41.0 Å². The SMILES string of the molecule is CC1(C)Cc2cccc(C(O)Cc3ccc(Br)cn3)c2O1. The van der Waals surface area contributed by atoms with Gasteiger partial charge in [0.2, 0.25) is 0 Å². The Bertz CT molecular complexity index is 652. The van der Waals surface area contributed by atoms with Crippen molar-refractivity contribution in [3.63, 3.8) is 0 Å². The van der Waals surface area contributed by atoms with Gasteiger partial charge in [0.1, 0.15) is 11.4 Å². The predicted molar refractivity (Wildman–Crippen MR) is 85.5 cm³/mol. The van der Waals surface area contributed by atoms with Crippen LogP contribution in [0, 0.1) is 0 Å². The summed E-state index contributed by atoms with van der Waals surface area (Å²) in [5.74, 6) is 0.840. The molecule has 1 aliphatic rings. The van der Waals surface area contributed by atoms with Crippen molar-refractivity contribution in [1.29, 1.82) is 0 Å². The Morgan fingerprint density at radius 2 is 2.14 bits per heavy atom. The molecule has 1 atom stereocenters. The van der Waals surface area contributed by atoms with Gasteiger partial charge in [-0.15, -0.1) is 0 Å². The Hall–Kier alpha value is -1.39. The van der Waals surface area contributed by atoms with Crippen molar-refractivity contribution in [2.24, 2.45) is 0 Å². The maximum atomic E-state index is 10.5. The molecule has 3 rings (SSSR count). The molecule has 0 radical (unpaired) electrons. The molecule has 0 bridgehead atoms. The van der Waals surface area contributed by atoms with Crippen molar-refractivity contribution < 1.29 is 9.84 Å². The normalized spacial score (nSPS) is 17.1. The number of nitrogens with zero attached hydrogens (tertiary/aromatic N) is 1. The first-order chi connectivity index (χ1) is 9.94. The number of hydrogen-bond donors (Lipinski definition) is 1. The maximum absolute atomic E-state index is 10.5. The average molecular weight is 348 g/mol. The summed E-state index contributed by atoms with van der Waals surface area (Å²) in [4.78, 5) is 4.32. The summed E-state index contributed by atoms with van der Waals surface area (Å²) in [5.41, 5.74) is 2.68. The Balaban J connectivity index is 1.85. The number of para-hydroxylation sites is 1. The van der Waals surface area contributed by atoms with E-state index in [1.165, 1.54) is 5.56 Å². The van der Waals surface area contributed by atoms with Crippen LogP contribution in [0.4, 0.5) is 0 Å². The van der Waals surface area contributed by atoms with Crippen LogP contribution in [0.25, 0.3) is 0 Å². The molecule has 0 amide bonds.